The summed E-state index contributed by atoms with van der Waals surface area (Å²) in [6, 6.07) is 5.62. The molecule has 0 N–H and O–H groups in total. The zero-order valence-corrected chi connectivity index (χ0v) is 11.4. The van der Waals surface area contributed by atoms with Crippen molar-refractivity contribution in [1.29, 1.82) is 0 Å². The van der Waals surface area contributed by atoms with Crippen molar-refractivity contribution in [3.05, 3.63) is 34.5 Å². The molecule has 2 aromatic rings. The minimum atomic E-state index is 0.707. The number of fused-ring (bicyclic) bond motifs is 1. The third kappa shape index (κ3) is 2.12. The van der Waals surface area contributed by atoms with Crippen molar-refractivity contribution < 1.29 is 4.42 Å². The van der Waals surface area contributed by atoms with Crippen LogP contribution in [0, 0.1) is 6.92 Å². The van der Waals surface area contributed by atoms with Gasteiger partial charge in [0.15, 0.2) is 0 Å². The van der Waals surface area contributed by atoms with Gasteiger partial charge in [-0.1, -0.05) is 30.7 Å². The van der Waals surface area contributed by atoms with Gasteiger partial charge >= 0.3 is 0 Å². The summed E-state index contributed by atoms with van der Waals surface area (Å²) in [7, 11) is 0. The van der Waals surface area contributed by atoms with Gasteiger partial charge in [0.1, 0.15) is 11.3 Å². The SMILES string of the molecule is CCSC(=S)c1c(C)oc2ccc(Cl)cc12. The van der Waals surface area contributed by atoms with Gasteiger partial charge in [0, 0.05) is 16.0 Å². The van der Waals surface area contributed by atoms with Gasteiger partial charge in [0.25, 0.3) is 0 Å². The van der Waals surface area contributed by atoms with Crippen molar-refractivity contribution >= 4 is 50.7 Å². The molecule has 16 heavy (non-hydrogen) atoms. The molecule has 1 nitrogen and oxygen atoms in total. The molecule has 84 valence electrons. The zero-order valence-electron chi connectivity index (χ0n) is 9.04. The molecular formula is C12H11ClOS2. The number of thioether (sulfide) groups is 1. The van der Waals surface area contributed by atoms with Crippen molar-refractivity contribution in [3.8, 4) is 0 Å². The highest BCUT2D eigenvalue weighted by atomic mass is 35.5. The van der Waals surface area contributed by atoms with E-state index in [1.54, 1.807) is 11.8 Å². The second kappa shape index (κ2) is 4.78. The Morgan fingerprint density at radius 1 is 1.50 bits per heavy atom. The molecule has 0 radical (unpaired) electrons. The van der Waals surface area contributed by atoms with Gasteiger partial charge in [-0.2, -0.15) is 0 Å². The van der Waals surface area contributed by atoms with E-state index in [-0.39, 0.29) is 0 Å². The Morgan fingerprint density at radius 3 is 2.94 bits per heavy atom. The smallest absolute Gasteiger partial charge is 0.135 e. The van der Waals surface area contributed by atoms with E-state index in [1.807, 2.05) is 25.1 Å². The predicted molar refractivity (Wildman–Crippen MR) is 75.8 cm³/mol. The molecule has 0 amide bonds. The Morgan fingerprint density at radius 2 is 2.25 bits per heavy atom. The molecule has 0 aliphatic heterocycles. The molecule has 1 aromatic carbocycles. The standard InChI is InChI=1S/C12H11ClOS2/c1-3-16-12(15)11-7(2)14-10-5-4-8(13)6-9(10)11/h4-6H,3H2,1-2H3. The Hall–Kier alpha value is -0.510. The van der Waals surface area contributed by atoms with E-state index in [9.17, 15) is 0 Å². The van der Waals surface area contributed by atoms with Crippen molar-refractivity contribution in [2.24, 2.45) is 0 Å². The lowest BCUT2D eigenvalue weighted by Gasteiger charge is -2.00. The van der Waals surface area contributed by atoms with Gasteiger partial charge in [-0.05, 0) is 30.9 Å². The summed E-state index contributed by atoms with van der Waals surface area (Å²) in [5.41, 5.74) is 1.86. The lowest BCUT2D eigenvalue weighted by atomic mass is 10.1. The predicted octanol–water partition coefficient (Wildman–Crippen LogP) is 4.82. The summed E-state index contributed by atoms with van der Waals surface area (Å²) in [5.74, 6) is 1.83. The zero-order chi connectivity index (χ0) is 11.7. The topological polar surface area (TPSA) is 13.1 Å². The number of hydrogen-bond acceptors (Lipinski definition) is 3. The molecule has 0 saturated heterocycles. The highest BCUT2D eigenvalue weighted by Crippen LogP contribution is 2.31. The van der Waals surface area contributed by atoms with Crippen LogP contribution in [-0.4, -0.2) is 9.95 Å². The number of halogens is 1. The van der Waals surface area contributed by atoms with Crippen molar-refractivity contribution in [1.82, 2.24) is 0 Å². The monoisotopic (exact) mass is 270 g/mol. The number of aryl methyl sites for hydroxylation is 1. The van der Waals surface area contributed by atoms with E-state index in [2.05, 4.69) is 6.92 Å². The summed E-state index contributed by atoms with van der Waals surface area (Å²) >= 11 is 13.0. The van der Waals surface area contributed by atoms with E-state index in [0.29, 0.717) is 5.02 Å². The fourth-order valence-electron chi connectivity index (χ4n) is 1.65. The maximum absolute atomic E-state index is 5.99. The fraction of sp³-hybridized carbons (Fsp3) is 0.250. The molecule has 0 aliphatic carbocycles. The Balaban J connectivity index is 2.62. The van der Waals surface area contributed by atoms with Gasteiger partial charge in [0.05, 0.1) is 4.20 Å². The first kappa shape index (κ1) is 12.0. The van der Waals surface area contributed by atoms with Crippen LogP contribution in [0.1, 0.15) is 18.2 Å². The second-order valence-corrected chi connectivity index (χ2v) is 5.77. The average molecular weight is 271 g/mol. The van der Waals surface area contributed by atoms with Crippen LogP contribution in [-0.2, 0) is 0 Å². The molecule has 0 unspecified atom stereocenters. The first-order valence-electron chi connectivity index (χ1n) is 4.99. The van der Waals surface area contributed by atoms with Gasteiger partial charge in [-0.25, -0.2) is 0 Å². The van der Waals surface area contributed by atoms with Crippen molar-refractivity contribution in [2.75, 3.05) is 5.75 Å². The molecule has 2 rings (SSSR count). The van der Waals surface area contributed by atoms with Crippen LogP contribution in [0.3, 0.4) is 0 Å². The molecule has 0 aliphatic rings. The van der Waals surface area contributed by atoms with Crippen LogP contribution in [0.15, 0.2) is 22.6 Å². The van der Waals surface area contributed by atoms with Gasteiger partial charge in [-0.3, -0.25) is 0 Å². The molecule has 4 heteroatoms. The van der Waals surface area contributed by atoms with Gasteiger partial charge < -0.3 is 4.42 Å². The molecule has 0 atom stereocenters. The number of benzene rings is 1. The Bertz CT molecular complexity index is 545. The lowest BCUT2D eigenvalue weighted by Crippen LogP contribution is -1.92. The summed E-state index contributed by atoms with van der Waals surface area (Å²) in [5, 5.41) is 1.72. The third-order valence-corrected chi connectivity index (χ3v) is 3.85. The van der Waals surface area contributed by atoms with Gasteiger partial charge in [0.2, 0.25) is 0 Å². The van der Waals surface area contributed by atoms with Crippen LogP contribution in [0.2, 0.25) is 5.02 Å². The number of rotatable bonds is 2. The average Bonchev–Trinajstić information content (AvgIpc) is 2.53. The lowest BCUT2D eigenvalue weighted by molar-refractivity contribution is 0.578. The second-order valence-electron chi connectivity index (χ2n) is 3.39. The molecule has 0 bridgehead atoms. The summed E-state index contributed by atoms with van der Waals surface area (Å²) < 4.78 is 6.54. The fourth-order valence-corrected chi connectivity index (χ4v) is 3.09. The number of hydrogen-bond donors (Lipinski definition) is 0. The van der Waals surface area contributed by atoms with E-state index >= 15 is 0 Å². The van der Waals surface area contributed by atoms with E-state index in [0.717, 1.165) is 32.2 Å². The molecular weight excluding hydrogens is 260 g/mol. The normalized spacial score (nSPS) is 10.9. The highest BCUT2D eigenvalue weighted by molar-refractivity contribution is 8.23. The molecule has 0 fully saturated rings. The van der Waals surface area contributed by atoms with Crippen molar-refractivity contribution in [3.63, 3.8) is 0 Å². The van der Waals surface area contributed by atoms with E-state index < -0.39 is 0 Å². The molecule has 0 spiro atoms. The minimum absolute atomic E-state index is 0.707. The Labute approximate surface area is 109 Å². The number of furan rings is 1. The highest BCUT2D eigenvalue weighted by Gasteiger charge is 2.15. The summed E-state index contributed by atoms with van der Waals surface area (Å²) in [6.45, 7) is 4.02. The quantitative estimate of drug-likeness (QED) is 0.726. The summed E-state index contributed by atoms with van der Waals surface area (Å²) in [6.07, 6.45) is 0. The first-order valence-corrected chi connectivity index (χ1v) is 6.76. The van der Waals surface area contributed by atoms with Crippen LogP contribution in [0.25, 0.3) is 11.0 Å². The maximum atomic E-state index is 5.99. The van der Waals surface area contributed by atoms with Crippen LogP contribution in [0.5, 0.6) is 0 Å². The molecule has 1 aromatic heterocycles. The minimum Gasteiger partial charge on any atom is -0.461 e. The Kier molecular flexibility index (Phi) is 3.57. The van der Waals surface area contributed by atoms with Crippen LogP contribution in [0.4, 0.5) is 0 Å². The largest absolute Gasteiger partial charge is 0.461 e. The van der Waals surface area contributed by atoms with E-state index in [1.165, 1.54) is 0 Å². The maximum Gasteiger partial charge on any atom is 0.135 e. The molecule has 1 heterocycles. The number of thiocarbonyl (C=S) groups is 1. The van der Waals surface area contributed by atoms with Crippen molar-refractivity contribution in [2.45, 2.75) is 13.8 Å². The summed E-state index contributed by atoms with van der Waals surface area (Å²) in [4.78, 5) is 0. The van der Waals surface area contributed by atoms with E-state index in [4.69, 9.17) is 28.2 Å². The molecule has 0 saturated carbocycles. The van der Waals surface area contributed by atoms with Crippen LogP contribution >= 0.6 is 35.6 Å². The van der Waals surface area contributed by atoms with Gasteiger partial charge in [-0.15, -0.1) is 11.8 Å². The third-order valence-electron chi connectivity index (χ3n) is 2.31. The van der Waals surface area contributed by atoms with Crippen LogP contribution < -0.4 is 0 Å². The first-order chi connectivity index (χ1) is 7.63.